The van der Waals surface area contributed by atoms with Crippen molar-refractivity contribution in [3.63, 3.8) is 0 Å². The molecule has 0 heteroatoms. The molecule has 4 rings (SSSR count). The van der Waals surface area contributed by atoms with Crippen LogP contribution in [0, 0.1) is 23.7 Å². The second-order valence-corrected chi connectivity index (χ2v) is 9.37. The van der Waals surface area contributed by atoms with E-state index in [4.69, 9.17) is 0 Å². The van der Waals surface area contributed by atoms with Crippen molar-refractivity contribution in [2.24, 2.45) is 23.7 Å². The Morgan fingerprint density at radius 2 is 0.565 bits per heavy atom. The first kappa shape index (κ1) is 17.8. The van der Waals surface area contributed by atoms with E-state index in [1.165, 1.54) is 83.5 Å². The fraction of sp³-hybridized carbons (Fsp3) is 1.00. The van der Waals surface area contributed by atoms with Crippen molar-refractivity contribution >= 4 is 0 Å². The summed E-state index contributed by atoms with van der Waals surface area (Å²) in [5.74, 6) is 4.54. The van der Waals surface area contributed by atoms with Crippen LogP contribution in [-0.2, 0) is 0 Å². The quantitative estimate of drug-likeness (QED) is 0.425. The van der Waals surface area contributed by atoms with Crippen molar-refractivity contribution in [2.45, 2.75) is 122 Å². The predicted octanol–water partition coefficient (Wildman–Crippen LogP) is 7.90. The molecule has 0 N–H and O–H groups in total. The zero-order valence-electron chi connectivity index (χ0n) is 15.7. The molecule has 0 radical (unpaired) electrons. The van der Waals surface area contributed by atoms with Crippen molar-refractivity contribution in [1.29, 1.82) is 0 Å². The minimum absolute atomic E-state index is 1.12. The maximum atomic E-state index is 1.61. The first-order valence-corrected chi connectivity index (χ1v) is 11.4. The highest BCUT2D eigenvalue weighted by molar-refractivity contribution is 4.91. The summed E-state index contributed by atoms with van der Waals surface area (Å²) in [6.45, 7) is 0. The molecule has 0 saturated heterocycles. The minimum atomic E-state index is 1.12. The lowest BCUT2D eigenvalue weighted by atomic mass is 9.91. The van der Waals surface area contributed by atoms with Crippen LogP contribution >= 0.6 is 0 Å². The van der Waals surface area contributed by atoms with Crippen LogP contribution in [0.2, 0.25) is 0 Å². The molecule has 0 aromatic carbocycles. The molecule has 0 aliphatic heterocycles. The third kappa shape index (κ3) is 6.09. The molecule has 134 valence electrons. The molecule has 0 amide bonds. The van der Waals surface area contributed by atoms with Crippen molar-refractivity contribution in [3.8, 4) is 0 Å². The van der Waals surface area contributed by atoms with Gasteiger partial charge in [-0.05, 0) is 49.4 Å². The lowest BCUT2D eigenvalue weighted by Gasteiger charge is -2.15. The molecule has 0 spiro atoms. The average Bonchev–Trinajstić information content (AvgIpc) is 3.08. The number of rotatable bonds is 0. The standard InChI is InChI=1S/C23H42/c1-2-4-6-8-10-12-14-20-16-22-18-21(19-23(22)17-20)15-13-11-9-7-5-3-1/h20-23H,1-19H2. The van der Waals surface area contributed by atoms with Crippen molar-refractivity contribution in [2.75, 3.05) is 0 Å². The zero-order chi connectivity index (χ0) is 15.7. The van der Waals surface area contributed by atoms with Crippen molar-refractivity contribution < 1.29 is 0 Å². The maximum Gasteiger partial charge on any atom is -0.0380 e. The van der Waals surface area contributed by atoms with Crippen LogP contribution in [0.15, 0.2) is 0 Å². The molecule has 23 heavy (non-hydrogen) atoms. The summed E-state index contributed by atoms with van der Waals surface area (Å²) >= 11 is 0. The second kappa shape index (κ2) is 10.1. The summed E-state index contributed by atoms with van der Waals surface area (Å²) in [5, 5.41) is 0. The Kier molecular flexibility index (Phi) is 7.82. The minimum Gasteiger partial charge on any atom is -0.0533 e. The van der Waals surface area contributed by atoms with Gasteiger partial charge in [-0.2, -0.15) is 0 Å². The number of fused-ring (bicyclic) bond motifs is 14. The van der Waals surface area contributed by atoms with Gasteiger partial charge in [-0.1, -0.05) is 96.3 Å². The molecule has 4 saturated carbocycles. The molecule has 4 bridgehead atoms. The van der Waals surface area contributed by atoms with E-state index < -0.39 is 0 Å². The van der Waals surface area contributed by atoms with E-state index in [0.717, 1.165) is 23.7 Å². The summed E-state index contributed by atoms with van der Waals surface area (Å²) in [6.07, 6.45) is 29.3. The Morgan fingerprint density at radius 1 is 0.304 bits per heavy atom. The van der Waals surface area contributed by atoms with Crippen LogP contribution in [0.4, 0.5) is 0 Å². The third-order valence-electron chi connectivity index (χ3n) is 7.44. The fourth-order valence-corrected chi connectivity index (χ4v) is 6.15. The smallest absolute Gasteiger partial charge is 0.0380 e. The van der Waals surface area contributed by atoms with E-state index in [2.05, 4.69) is 0 Å². The van der Waals surface area contributed by atoms with Crippen LogP contribution in [0.25, 0.3) is 0 Å². The maximum absolute atomic E-state index is 1.61. The molecular weight excluding hydrogens is 276 g/mol. The van der Waals surface area contributed by atoms with Crippen LogP contribution in [0.1, 0.15) is 122 Å². The molecule has 4 fully saturated rings. The summed E-state index contributed by atoms with van der Waals surface area (Å²) in [7, 11) is 0. The van der Waals surface area contributed by atoms with Crippen LogP contribution in [0.3, 0.4) is 0 Å². The van der Waals surface area contributed by atoms with Gasteiger partial charge in [-0.15, -0.1) is 0 Å². The predicted molar refractivity (Wildman–Crippen MR) is 102 cm³/mol. The highest BCUT2D eigenvalue weighted by Gasteiger charge is 2.40. The van der Waals surface area contributed by atoms with E-state index in [1.807, 2.05) is 0 Å². The van der Waals surface area contributed by atoms with Gasteiger partial charge in [0.1, 0.15) is 0 Å². The van der Waals surface area contributed by atoms with E-state index in [1.54, 1.807) is 38.5 Å². The van der Waals surface area contributed by atoms with Gasteiger partial charge in [0.2, 0.25) is 0 Å². The summed E-state index contributed by atoms with van der Waals surface area (Å²) < 4.78 is 0. The van der Waals surface area contributed by atoms with Crippen LogP contribution in [-0.4, -0.2) is 0 Å². The molecule has 0 atom stereocenters. The first-order chi connectivity index (χ1) is 11.4. The van der Waals surface area contributed by atoms with E-state index >= 15 is 0 Å². The summed E-state index contributed by atoms with van der Waals surface area (Å²) in [4.78, 5) is 0. The monoisotopic (exact) mass is 318 g/mol. The average molecular weight is 319 g/mol. The first-order valence-electron chi connectivity index (χ1n) is 11.4. The molecule has 4 aliphatic carbocycles. The van der Waals surface area contributed by atoms with E-state index in [-0.39, 0.29) is 0 Å². The van der Waals surface area contributed by atoms with E-state index in [9.17, 15) is 0 Å². The Labute approximate surface area is 146 Å². The fourth-order valence-electron chi connectivity index (χ4n) is 6.15. The van der Waals surface area contributed by atoms with Gasteiger partial charge >= 0.3 is 0 Å². The largest absolute Gasteiger partial charge is 0.0533 e. The summed E-state index contributed by atoms with van der Waals surface area (Å²) in [5.41, 5.74) is 0. The second-order valence-electron chi connectivity index (χ2n) is 9.37. The van der Waals surface area contributed by atoms with Gasteiger partial charge in [-0.3, -0.25) is 0 Å². The third-order valence-corrected chi connectivity index (χ3v) is 7.44. The number of hydrogen-bond donors (Lipinski definition) is 0. The van der Waals surface area contributed by atoms with Crippen molar-refractivity contribution in [1.82, 2.24) is 0 Å². The van der Waals surface area contributed by atoms with Gasteiger partial charge in [0.05, 0.1) is 0 Å². The Hall–Kier alpha value is 0. The van der Waals surface area contributed by atoms with Crippen LogP contribution in [0.5, 0.6) is 0 Å². The lowest BCUT2D eigenvalue weighted by molar-refractivity contribution is 0.376. The zero-order valence-corrected chi connectivity index (χ0v) is 15.7. The number of hydrogen-bond acceptors (Lipinski definition) is 0. The van der Waals surface area contributed by atoms with Gasteiger partial charge in [-0.25, -0.2) is 0 Å². The molecular formula is C23H42. The van der Waals surface area contributed by atoms with Gasteiger partial charge in [0.15, 0.2) is 0 Å². The van der Waals surface area contributed by atoms with Gasteiger partial charge < -0.3 is 0 Å². The molecule has 0 unspecified atom stereocenters. The Balaban J connectivity index is 1.38. The van der Waals surface area contributed by atoms with Gasteiger partial charge in [0, 0.05) is 0 Å². The highest BCUT2D eigenvalue weighted by atomic mass is 14.5. The topological polar surface area (TPSA) is 0 Å². The molecule has 0 aromatic rings. The van der Waals surface area contributed by atoms with Gasteiger partial charge in [0.25, 0.3) is 0 Å². The highest BCUT2D eigenvalue weighted by Crippen LogP contribution is 2.51. The molecule has 0 heterocycles. The SMILES string of the molecule is C1CCCCCCCC2CC3CC(CCCCCCC1)CC3C2. The molecule has 0 aromatic heterocycles. The molecule has 4 aliphatic rings. The Morgan fingerprint density at radius 3 is 0.870 bits per heavy atom. The van der Waals surface area contributed by atoms with Crippen molar-refractivity contribution in [3.05, 3.63) is 0 Å². The normalized spacial score (nSPS) is 38.6. The lowest BCUT2D eigenvalue weighted by Crippen LogP contribution is -2.01. The van der Waals surface area contributed by atoms with Crippen LogP contribution < -0.4 is 0 Å². The Bertz CT molecular complexity index is 265. The molecule has 0 nitrogen and oxygen atoms in total. The summed E-state index contributed by atoms with van der Waals surface area (Å²) in [6, 6.07) is 0. The van der Waals surface area contributed by atoms with E-state index in [0.29, 0.717) is 0 Å².